The van der Waals surface area contributed by atoms with E-state index in [1.54, 1.807) is 6.26 Å². The maximum Gasteiger partial charge on any atom is 0.329 e. The van der Waals surface area contributed by atoms with Crippen molar-refractivity contribution in [1.29, 1.82) is 0 Å². The van der Waals surface area contributed by atoms with Crippen LogP contribution in [-0.4, -0.2) is 64.2 Å². The molecule has 172 valence electrons. The maximum absolute atomic E-state index is 10.9. The summed E-state index contributed by atoms with van der Waals surface area (Å²) in [5.74, 6) is -0.246. The molecule has 1 aliphatic carbocycles. The molecule has 7 heteroatoms. The van der Waals surface area contributed by atoms with Gasteiger partial charge in [-0.25, -0.2) is 9.37 Å². The van der Waals surface area contributed by atoms with Crippen LogP contribution in [0, 0.1) is 0 Å². The second kappa shape index (κ2) is 8.65. The third-order valence-corrected chi connectivity index (χ3v) is 9.90. The molecule has 2 aromatic rings. The van der Waals surface area contributed by atoms with Gasteiger partial charge in [-0.1, -0.05) is 19.2 Å². The summed E-state index contributed by atoms with van der Waals surface area (Å²) in [4.78, 5) is 13.1. The van der Waals surface area contributed by atoms with Crippen LogP contribution >= 0.6 is 0 Å². The molecule has 4 rings (SSSR count). The maximum atomic E-state index is 10.9. The highest BCUT2D eigenvalue weighted by Crippen LogP contribution is 2.42. The Kier molecular flexibility index (Phi) is 6.03. The first kappa shape index (κ1) is 23.0. The predicted molar refractivity (Wildman–Crippen MR) is 134 cm³/mol. The second-order valence-corrected chi connectivity index (χ2v) is 13.7. The van der Waals surface area contributed by atoms with Gasteiger partial charge in [0.15, 0.2) is 5.71 Å². The van der Waals surface area contributed by atoms with Gasteiger partial charge in [0.25, 0.3) is 0 Å². The van der Waals surface area contributed by atoms with Crippen molar-refractivity contribution in [2.45, 2.75) is 19.7 Å². The number of carboxylic acid groups (broad SMARTS) is 1. The molecule has 33 heavy (non-hydrogen) atoms. The van der Waals surface area contributed by atoms with Crippen LogP contribution < -0.4 is 10.1 Å². The van der Waals surface area contributed by atoms with E-state index in [1.807, 2.05) is 6.07 Å². The van der Waals surface area contributed by atoms with Crippen LogP contribution in [0.1, 0.15) is 16.9 Å². The number of allylic oxidation sites excluding steroid dienone is 5. The lowest BCUT2D eigenvalue weighted by atomic mass is 9.91. The number of carboxylic acids is 1. The summed E-state index contributed by atoms with van der Waals surface area (Å²) in [6.45, 7) is 4.64. The molecular formula is C26H31N2O4Si+. The lowest BCUT2D eigenvalue weighted by Crippen LogP contribution is -2.49. The number of ether oxygens (including phenoxy) is 1. The zero-order valence-electron chi connectivity index (χ0n) is 20.1. The Labute approximate surface area is 195 Å². The van der Waals surface area contributed by atoms with Crippen molar-refractivity contribution >= 4 is 36.2 Å². The van der Waals surface area contributed by atoms with E-state index in [2.05, 4.69) is 87.2 Å². The number of furan rings is 1. The normalized spacial score (nSPS) is 16.3. The second-order valence-electron chi connectivity index (χ2n) is 9.41. The van der Waals surface area contributed by atoms with Crippen LogP contribution in [0.4, 0.5) is 5.69 Å². The van der Waals surface area contributed by atoms with Crippen molar-refractivity contribution in [3.8, 4) is 0 Å². The first-order valence-electron chi connectivity index (χ1n) is 11.0. The summed E-state index contributed by atoms with van der Waals surface area (Å²) in [7, 11) is 6.22. The number of aliphatic carboxylic acids is 1. The lowest BCUT2D eigenvalue weighted by Gasteiger charge is -2.37. The molecule has 2 heterocycles. The van der Waals surface area contributed by atoms with Gasteiger partial charge in [-0.15, -0.1) is 0 Å². The zero-order chi connectivity index (χ0) is 23.9. The molecule has 0 amide bonds. The molecule has 1 aliphatic heterocycles. The number of nitrogens with zero attached hydrogens (tertiary/aromatic N) is 2. The first-order valence-corrected chi connectivity index (χ1v) is 14.0. The summed E-state index contributed by atoms with van der Waals surface area (Å²) < 4.78 is 13.6. The van der Waals surface area contributed by atoms with Crippen LogP contribution in [0.5, 0.6) is 0 Å². The van der Waals surface area contributed by atoms with E-state index in [1.165, 1.54) is 32.9 Å². The molecule has 0 radical (unpaired) electrons. The minimum atomic E-state index is -2.02. The number of anilines is 1. The van der Waals surface area contributed by atoms with E-state index in [4.69, 9.17) is 14.3 Å². The molecule has 0 bridgehead atoms. The highest BCUT2D eigenvalue weighted by Gasteiger charge is 2.41. The van der Waals surface area contributed by atoms with Crippen molar-refractivity contribution in [3.05, 3.63) is 76.4 Å². The molecule has 6 nitrogen and oxygen atoms in total. The summed E-state index contributed by atoms with van der Waals surface area (Å²) in [6, 6.07) is 8.52. The van der Waals surface area contributed by atoms with Crippen LogP contribution in [0.2, 0.25) is 13.1 Å². The molecule has 0 spiro atoms. The smallest absolute Gasteiger partial charge is 0.329 e. The van der Waals surface area contributed by atoms with E-state index >= 15 is 0 Å². The van der Waals surface area contributed by atoms with E-state index in [9.17, 15) is 4.79 Å². The Morgan fingerprint density at radius 3 is 2.61 bits per heavy atom. The number of benzene rings is 1. The Balaban J connectivity index is 1.96. The molecule has 0 unspecified atom stereocenters. The number of rotatable bonds is 6. The average Bonchev–Trinajstić information content (AvgIpc) is 3.21. The fourth-order valence-electron chi connectivity index (χ4n) is 4.54. The van der Waals surface area contributed by atoms with E-state index in [0.29, 0.717) is 0 Å². The van der Waals surface area contributed by atoms with Gasteiger partial charge < -0.3 is 19.2 Å². The van der Waals surface area contributed by atoms with Crippen LogP contribution in [0.15, 0.2) is 63.9 Å². The number of hydrogen-bond donors (Lipinski definition) is 1. The standard InChI is InChI=1S/C26H30N2O4Si/c1-27(2)18-7-9-20-22(13-18)33(5,6)23-14-19(28(3)4)8-10-21(23)25(20)26-17(11-12-32-26)15-31-16-24(29)30/h7-14H,15-16H2,1-6H3/p+1. The van der Waals surface area contributed by atoms with Gasteiger partial charge in [-0.3, -0.25) is 0 Å². The van der Waals surface area contributed by atoms with Gasteiger partial charge in [0, 0.05) is 43.1 Å². The first-order chi connectivity index (χ1) is 15.6. The van der Waals surface area contributed by atoms with Gasteiger partial charge in [-0.2, -0.15) is 0 Å². The molecule has 2 aliphatic rings. The van der Waals surface area contributed by atoms with Gasteiger partial charge in [0.2, 0.25) is 0 Å². The van der Waals surface area contributed by atoms with Gasteiger partial charge in [0.05, 0.1) is 12.9 Å². The molecule has 0 atom stereocenters. The van der Waals surface area contributed by atoms with E-state index in [0.717, 1.165) is 16.9 Å². The zero-order valence-corrected chi connectivity index (χ0v) is 21.1. The molecule has 0 fully saturated rings. The molecule has 1 aromatic carbocycles. The molecule has 0 saturated heterocycles. The highest BCUT2D eigenvalue weighted by atomic mass is 28.3. The summed E-state index contributed by atoms with van der Waals surface area (Å²) >= 11 is 0. The van der Waals surface area contributed by atoms with Gasteiger partial charge in [0.1, 0.15) is 34.5 Å². The van der Waals surface area contributed by atoms with Gasteiger partial charge in [-0.05, 0) is 45.8 Å². The molecule has 1 aromatic heterocycles. The van der Waals surface area contributed by atoms with Crippen molar-refractivity contribution in [2.75, 3.05) is 39.7 Å². The molecule has 0 saturated carbocycles. The Hall–Kier alpha value is -3.16. The SMILES string of the molecule is CN(C)c1ccc2c(c1)[Si](C)(C)C1=CC(=[N+](C)C)C=CC1=C2c1occc1COCC(=O)O. The fourth-order valence-corrected chi connectivity index (χ4v) is 7.61. The minimum absolute atomic E-state index is 0.179. The van der Waals surface area contributed by atoms with Crippen molar-refractivity contribution < 1.29 is 23.6 Å². The van der Waals surface area contributed by atoms with Crippen LogP contribution in [0.3, 0.4) is 0 Å². The Bertz CT molecular complexity index is 1240. The third-order valence-electron chi connectivity index (χ3n) is 6.38. The predicted octanol–water partition coefficient (Wildman–Crippen LogP) is 3.43. The summed E-state index contributed by atoms with van der Waals surface area (Å²) in [5, 5.41) is 11.7. The van der Waals surface area contributed by atoms with Crippen LogP contribution in [0.25, 0.3) is 5.57 Å². The Morgan fingerprint density at radius 2 is 1.94 bits per heavy atom. The number of fused-ring (bicyclic) bond motifs is 2. The minimum Gasteiger partial charge on any atom is -0.480 e. The third kappa shape index (κ3) is 4.14. The largest absolute Gasteiger partial charge is 0.480 e. The monoisotopic (exact) mass is 463 g/mol. The fraction of sp³-hybridized carbons (Fsp3) is 0.308. The van der Waals surface area contributed by atoms with E-state index < -0.39 is 14.0 Å². The van der Waals surface area contributed by atoms with Crippen molar-refractivity contribution in [1.82, 2.24) is 0 Å². The summed E-state index contributed by atoms with van der Waals surface area (Å²) in [6.07, 6.45) is 8.31. The van der Waals surface area contributed by atoms with E-state index in [-0.39, 0.29) is 13.2 Å². The number of hydrogen-bond acceptors (Lipinski definition) is 4. The Morgan fingerprint density at radius 1 is 1.18 bits per heavy atom. The molecule has 1 N–H and O–H groups in total. The van der Waals surface area contributed by atoms with Crippen LogP contribution in [-0.2, 0) is 16.1 Å². The quantitative estimate of drug-likeness (QED) is 0.525. The lowest BCUT2D eigenvalue weighted by molar-refractivity contribution is -0.462. The molecular weight excluding hydrogens is 432 g/mol. The number of carbonyl (C=O) groups is 1. The highest BCUT2D eigenvalue weighted by molar-refractivity contribution is 6.98. The van der Waals surface area contributed by atoms with Crippen molar-refractivity contribution in [3.63, 3.8) is 0 Å². The average molecular weight is 464 g/mol. The topological polar surface area (TPSA) is 65.9 Å². The van der Waals surface area contributed by atoms with Crippen molar-refractivity contribution in [2.24, 2.45) is 0 Å². The van der Waals surface area contributed by atoms with Gasteiger partial charge >= 0.3 is 5.97 Å². The summed E-state index contributed by atoms with van der Waals surface area (Å²) in [5.41, 5.74) is 6.59.